The molecule has 1 fully saturated rings. The molecule has 0 aliphatic carbocycles. The van der Waals surface area contributed by atoms with E-state index in [4.69, 9.17) is 9.47 Å². The molecule has 6 nitrogen and oxygen atoms in total. The van der Waals surface area contributed by atoms with Crippen LogP contribution in [0, 0.1) is 10.1 Å². The van der Waals surface area contributed by atoms with Gasteiger partial charge in [-0.05, 0) is 6.07 Å². The van der Waals surface area contributed by atoms with Crippen molar-refractivity contribution in [3.8, 4) is 0 Å². The van der Waals surface area contributed by atoms with Gasteiger partial charge in [-0.2, -0.15) is 0 Å². The molecule has 0 amide bonds. The van der Waals surface area contributed by atoms with Gasteiger partial charge in [-0.25, -0.2) is 0 Å². The molecule has 3 rings (SSSR count). The summed E-state index contributed by atoms with van der Waals surface area (Å²) in [5.74, 6) is 0. The van der Waals surface area contributed by atoms with Gasteiger partial charge in [0.2, 0.25) is 0 Å². The average molecular weight is 301 g/mol. The monoisotopic (exact) mass is 301 g/mol. The number of aliphatic hydroxyl groups excluding tert-OH is 1. The lowest BCUT2D eigenvalue weighted by Gasteiger charge is -2.14. The number of para-hydroxylation sites is 1. The van der Waals surface area contributed by atoms with E-state index in [0.717, 1.165) is 5.56 Å². The second-order valence-corrected chi connectivity index (χ2v) is 4.97. The number of rotatable bonds is 4. The lowest BCUT2D eigenvalue weighted by atomic mass is 10.0. The largest absolute Gasteiger partial charge is 0.394 e. The smallest absolute Gasteiger partial charge is 0.275 e. The zero-order valence-electron chi connectivity index (χ0n) is 11.7. The molecule has 0 bridgehead atoms. The third-order valence-corrected chi connectivity index (χ3v) is 3.60. The van der Waals surface area contributed by atoms with Crippen LogP contribution in [0.5, 0.6) is 0 Å². The molecule has 0 spiro atoms. The van der Waals surface area contributed by atoms with E-state index in [2.05, 4.69) is 0 Å². The van der Waals surface area contributed by atoms with Gasteiger partial charge in [-0.1, -0.05) is 42.5 Å². The van der Waals surface area contributed by atoms with E-state index in [1.54, 1.807) is 18.2 Å². The van der Waals surface area contributed by atoms with Gasteiger partial charge in [0.05, 0.1) is 17.1 Å². The summed E-state index contributed by atoms with van der Waals surface area (Å²) in [7, 11) is 0. The summed E-state index contributed by atoms with van der Waals surface area (Å²) in [5.41, 5.74) is 1.18. The normalized spacial score (nSPS) is 24.3. The van der Waals surface area contributed by atoms with Gasteiger partial charge in [0.15, 0.2) is 6.29 Å². The maximum atomic E-state index is 11.2. The topological polar surface area (TPSA) is 81.8 Å². The van der Waals surface area contributed by atoms with Crippen LogP contribution >= 0.6 is 0 Å². The SMILES string of the molecule is O=[N+]([O-])c1ccccc1[C@@H]1OC(c2ccccc2)O[C@@H]1CO. The van der Waals surface area contributed by atoms with Gasteiger partial charge in [0.1, 0.15) is 12.2 Å². The van der Waals surface area contributed by atoms with Crippen molar-refractivity contribution in [2.24, 2.45) is 0 Å². The standard InChI is InChI=1S/C16H15NO5/c18-10-14-15(12-8-4-5-9-13(12)17(19)20)22-16(21-14)11-6-2-1-3-7-11/h1-9,14-16,18H,10H2/t14-,15+,16?/m1/s1. The van der Waals surface area contributed by atoms with E-state index in [0.29, 0.717) is 5.56 Å². The molecule has 0 aromatic heterocycles. The zero-order chi connectivity index (χ0) is 15.5. The number of benzene rings is 2. The Hall–Kier alpha value is -2.28. The van der Waals surface area contributed by atoms with Crippen LogP contribution in [0.25, 0.3) is 0 Å². The lowest BCUT2D eigenvalue weighted by Crippen LogP contribution is -2.20. The van der Waals surface area contributed by atoms with Gasteiger partial charge in [-0.15, -0.1) is 0 Å². The van der Waals surface area contributed by atoms with Crippen molar-refractivity contribution in [2.45, 2.75) is 18.5 Å². The fraction of sp³-hybridized carbons (Fsp3) is 0.250. The first-order valence-electron chi connectivity index (χ1n) is 6.90. The molecule has 2 aromatic rings. The van der Waals surface area contributed by atoms with Crippen LogP contribution in [0.4, 0.5) is 5.69 Å². The summed E-state index contributed by atoms with van der Waals surface area (Å²) in [6.45, 7) is -0.278. The number of nitrogens with zero attached hydrogens (tertiary/aromatic N) is 1. The fourth-order valence-corrected chi connectivity index (χ4v) is 2.56. The molecule has 6 heteroatoms. The molecular formula is C16H15NO5. The van der Waals surface area contributed by atoms with Crippen LogP contribution in [-0.2, 0) is 9.47 Å². The van der Waals surface area contributed by atoms with Crippen molar-refractivity contribution in [1.29, 1.82) is 0 Å². The van der Waals surface area contributed by atoms with Crippen molar-refractivity contribution in [1.82, 2.24) is 0 Å². The molecule has 1 aliphatic heterocycles. The Kier molecular flexibility index (Phi) is 4.15. The minimum Gasteiger partial charge on any atom is -0.394 e. The Morgan fingerprint density at radius 3 is 2.41 bits per heavy atom. The molecular weight excluding hydrogens is 286 g/mol. The fourth-order valence-electron chi connectivity index (χ4n) is 2.56. The summed E-state index contributed by atoms with van der Waals surface area (Å²) in [6, 6.07) is 15.6. The summed E-state index contributed by atoms with van der Waals surface area (Å²) in [6.07, 6.45) is -1.98. The minimum absolute atomic E-state index is 0.0386. The van der Waals surface area contributed by atoms with Crippen molar-refractivity contribution in [3.63, 3.8) is 0 Å². The van der Waals surface area contributed by atoms with Crippen LogP contribution in [0.15, 0.2) is 54.6 Å². The maximum Gasteiger partial charge on any atom is 0.275 e. The van der Waals surface area contributed by atoms with Gasteiger partial charge in [0.25, 0.3) is 5.69 Å². The number of ether oxygens (including phenoxy) is 2. The van der Waals surface area contributed by atoms with Crippen LogP contribution in [0.2, 0.25) is 0 Å². The van der Waals surface area contributed by atoms with E-state index in [1.807, 2.05) is 30.3 Å². The minimum atomic E-state index is -0.684. The first kappa shape index (κ1) is 14.6. The quantitative estimate of drug-likeness (QED) is 0.693. The maximum absolute atomic E-state index is 11.2. The predicted molar refractivity (Wildman–Crippen MR) is 78.1 cm³/mol. The second kappa shape index (κ2) is 6.23. The molecule has 1 heterocycles. The first-order chi connectivity index (χ1) is 10.7. The number of nitro groups is 1. The van der Waals surface area contributed by atoms with Crippen molar-refractivity contribution >= 4 is 5.69 Å². The van der Waals surface area contributed by atoms with Crippen LogP contribution in [-0.4, -0.2) is 22.7 Å². The number of hydrogen-bond acceptors (Lipinski definition) is 5. The number of hydrogen-bond donors (Lipinski definition) is 1. The first-order valence-corrected chi connectivity index (χ1v) is 6.90. The lowest BCUT2D eigenvalue weighted by molar-refractivity contribution is -0.386. The van der Waals surface area contributed by atoms with Crippen LogP contribution in [0.3, 0.4) is 0 Å². The molecule has 1 N–H and O–H groups in total. The molecule has 114 valence electrons. The molecule has 1 unspecified atom stereocenters. The van der Waals surface area contributed by atoms with E-state index in [1.165, 1.54) is 6.07 Å². The van der Waals surface area contributed by atoms with E-state index in [9.17, 15) is 15.2 Å². The van der Waals surface area contributed by atoms with Gasteiger partial charge in [0, 0.05) is 11.6 Å². The highest BCUT2D eigenvalue weighted by Crippen LogP contribution is 2.42. The molecule has 2 aromatic carbocycles. The molecule has 0 radical (unpaired) electrons. The summed E-state index contributed by atoms with van der Waals surface area (Å²) in [4.78, 5) is 10.7. The molecule has 1 aliphatic rings. The average Bonchev–Trinajstić information content (AvgIpc) is 3.00. The van der Waals surface area contributed by atoms with Crippen LogP contribution < -0.4 is 0 Å². The molecule has 0 saturated carbocycles. The summed E-state index contributed by atoms with van der Waals surface area (Å²) in [5, 5.41) is 20.7. The predicted octanol–water partition coefficient (Wildman–Crippen LogP) is 2.74. The highest BCUT2D eigenvalue weighted by Gasteiger charge is 2.40. The van der Waals surface area contributed by atoms with Crippen molar-refractivity contribution in [2.75, 3.05) is 6.61 Å². The third-order valence-electron chi connectivity index (χ3n) is 3.60. The van der Waals surface area contributed by atoms with Crippen molar-refractivity contribution < 1.29 is 19.5 Å². The summed E-state index contributed by atoms with van der Waals surface area (Å²) < 4.78 is 11.5. The Bertz CT molecular complexity index is 661. The number of nitro benzene ring substituents is 1. The summed E-state index contributed by atoms with van der Waals surface area (Å²) >= 11 is 0. The van der Waals surface area contributed by atoms with Gasteiger partial charge < -0.3 is 14.6 Å². The van der Waals surface area contributed by atoms with Crippen molar-refractivity contribution in [3.05, 3.63) is 75.8 Å². The Balaban J connectivity index is 1.92. The van der Waals surface area contributed by atoms with Crippen LogP contribution in [0.1, 0.15) is 23.5 Å². The van der Waals surface area contributed by atoms with E-state index >= 15 is 0 Å². The highest BCUT2D eigenvalue weighted by atomic mass is 16.7. The zero-order valence-corrected chi connectivity index (χ0v) is 11.7. The highest BCUT2D eigenvalue weighted by molar-refractivity contribution is 5.42. The Morgan fingerprint density at radius 1 is 1.05 bits per heavy atom. The second-order valence-electron chi connectivity index (χ2n) is 4.97. The van der Waals surface area contributed by atoms with E-state index < -0.39 is 23.4 Å². The number of aliphatic hydroxyl groups is 1. The van der Waals surface area contributed by atoms with Gasteiger partial charge in [-0.3, -0.25) is 10.1 Å². The van der Waals surface area contributed by atoms with E-state index in [-0.39, 0.29) is 12.3 Å². The Morgan fingerprint density at radius 2 is 1.73 bits per heavy atom. The third kappa shape index (κ3) is 2.71. The molecule has 1 saturated heterocycles. The molecule has 22 heavy (non-hydrogen) atoms. The molecule has 3 atom stereocenters. The van der Waals surface area contributed by atoms with Gasteiger partial charge >= 0.3 is 0 Å². The Labute approximate surface area is 127 Å².